The first-order chi connectivity index (χ1) is 39.7. The standard InChI is InChI=1S/C53H72N16O12S2/c1-3-4-16-41(69-51(80)28(2)61-53(69)81)50(79)68-40-26-83-82-25-39(43(54)72)67-47(76)37(21-30-23-59-33-14-9-8-13-32(30)33)65-44(73)34(15-10-19-58-52(55)56)62-46(75)36(20-29-11-6-5-7-12-29)64-48(77)38(22-31-24-57-27-60-31)66-45(74)35(63-49(40)78)17-18-42(70)71/h5-9,11-14,23,27-28,31,34-41,59H,3-4,10,15-22,24-26H2,1-2H3,(H2,54,72)(H,57,60)(H,61,81)(H,62,75)(H,63,78)(H,64,77)(H,65,73)(H,66,74)(H,67,76)(H,68,79)(H,70,71)(H4,55,56,58)/t28-,31?,34-,35-,36+,37-,38-,39-,40-,41-/m0/s1. The molecule has 17 N–H and O–H groups in total. The summed E-state index contributed by atoms with van der Waals surface area (Å²) in [4.78, 5) is 162. The van der Waals surface area contributed by atoms with Gasteiger partial charge in [0.25, 0.3) is 5.91 Å². The predicted octanol–water partition coefficient (Wildman–Crippen LogP) is -1.76. The summed E-state index contributed by atoms with van der Waals surface area (Å²) < 4.78 is 0. The number of imide groups is 1. The van der Waals surface area contributed by atoms with Gasteiger partial charge in [-0.25, -0.2) is 9.69 Å². The number of fused-ring (bicyclic) bond motifs is 1. The fourth-order valence-electron chi connectivity index (χ4n) is 9.38. The first-order valence-electron chi connectivity index (χ1n) is 27.2. The second kappa shape index (κ2) is 31.1. The highest BCUT2D eigenvalue weighted by atomic mass is 33.1. The number of hydrogen-bond donors (Lipinski definition) is 15. The number of para-hydroxylation sites is 1. The number of carboxylic acids is 1. The van der Waals surface area contributed by atoms with Crippen molar-refractivity contribution in [2.24, 2.45) is 16.5 Å². The van der Waals surface area contributed by atoms with Crippen LogP contribution in [-0.4, -0.2) is 177 Å². The molecule has 2 saturated heterocycles. The van der Waals surface area contributed by atoms with Crippen LogP contribution in [0.2, 0.25) is 0 Å². The van der Waals surface area contributed by atoms with Crippen LogP contribution >= 0.6 is 21.6 Å². The van der Waals surface area contributed by atoms with Gasteiger partial charge in [-0.05, 0) is 56.2 Å². The van der Waals surface area contributed by atoms with Crippen LogP contribution in [0.5, 0.6) is 0 Å². The molecule has 10 atom stereocenters. The highest BCUT2D eigenvalue weighted by molar-refractivity contribution is 8.76. The average Bonchev–Trinajstić information content (AvgIpc) is 4.35. The number of aliphatic imine (C=N–C) groups is 1. The van der Waals surface area contributed by atoms with Crippen molar-refractivity contribution in [2.45, 2.75) is 138 Å². The first-order valence-corrected chi connectivity index (χ1v) is 29.6. The number of benzene rings is 2. The van der Waals surface area contributed by atoms with Crippen LogP contribution in [0.15, 0.2) is 65.8 Å². The number of nitrogens with two attached hydrogens (primary N) is 2. The molecule has 6 rings (SSSR count). The number of primary amides is 1. The topological polar surface area (TPSA) is 436 Å². The quantitative estimate of drug-likeness (QED) is 0.0196. The van der Waals surface area contributed by atoms with E-state index in [1.54, 1.807) is 54.7 Å². The Kier molecular flexibility index (Phi) is 23.9. The Balaban J connectivity index is 1.41. The Hall–Kier alpha value is -8.41. The summed E-state index contributed by atoms with van der Waals surface area (Å²) >= 11 is 0. The van der Waals surface area contributed by atoms with Crippen LogP contribution in [0, 0.1) is 5.41 Å². The van der Waals surface area contributed by atoms with Gasteiger partial charge in [0.2, 0.25) is 47.3 Å². The van der Waals surface area contributed by atoms with Crippen LogP contribution in [0.25, 0.3) is 10.9 Å². The molecule has 0 spiro atoms. The van der Waals surface area contributed by atoms with Crippen molar-refractivity contribution in [1.29, 1.82) is 5.41 Å². The Bertz CT molecular complexity index is 2890. The molecule has 4 heterocycles. The van der Waals surface area contributed by atoms with Crippen LogP contribution in [0.4, 0.5) is 4.79 Å². The van der Waals surface area contributed by atoms with E-state index in [0.717, 1.165) is 32.0 Å². The SMILES string of the molecule is CCCC[C@@H](C(=O)N[C@H]1CSSC[C@@H](C(N)=O)NC(=O)[C@H](Cc2c[nH]c3ccccc23)NC(=O)[C@H](CCCNC(=N)N)NC(=O)[C@@H](Cc2ccccc2)NC(=O)[C@H](CC2CN=CN2)NC(=O)[C@H](CCC(=O)O)NC1=O)N1C(=O)N[C@@H](C)C1=O. The Morgan fingerprint density at radius 2 is 1.37 bits per heavy atom. The minimum atomic E-state index is -1.69. The second-order valence-corrected chi connectivity index (χ2v) is 22.8. The van der Waals surface area contributed by atoms with Gasteiger partial charge in [0, 0.05) is 60.5 Å². The van der Waals surface area contributed by atoms with E-state index in [2.05, 4.69) is 63.1 Å². The van der Waals surface area contributed by atoms with Crippen LogP contribution in [0.3, 0.4) is 0 Å². The molecule has 3 aliphatic heterocycles. The minimum absolute atomic E-state index is 0.00724. The number of carbonyl (C=O) groups excluding carboxylic acids is 10. The fraction of sp³-hybridized carbons (Fsp3) is 0.491. The predicted molar refractivity (Wildman–Crippen MR) is 309 cm³/mol. The van der Waals surface area contributed by atoms with Gasteiger partial charge in [-0.1, -0.05) is 89.9 Å². The van der Waals surface area contributed by atoms with Crippen LogP contribution in [0.1, 0.15) is 76.3 Å². The number of hydrogen-bond acceptors (Lipinski definition) is 16. The van der Waals surface area contributed by atoms with E-state index < -0.39 is 138 Å². The van der Waals surface area contributed by atoms with E-state index in [4.69, 9.17) is 16.9 Å². The van der Waals surface area contributed by atoms with E-state index >= 15 is 0 Å². The van der Waals surface area contributed by atoms with Crippen LogP contribution < -0.4 is 64.6 Å². The summed E-state index contributed by atoms with van der Waals surface area (Å²) in [6.07, 6.45) is 2.42. The highest BCUT2D eigenvalue weighted by Gasteiger charge is 2.44. The average molecular weight is 1190 g/mol. The second-order valence-electron chi connectivity index (χ2n) is 20.2. The number of unbranched alkanes of at least 4 members (excludes halogenated alkanes) is 1. The third-order valence-corrected chi connectivity index (χ3v) is 16.3. The lowest BCUT2D eigenvalue weighted by molar-refractivity contribution is -0.139. The summed E-state index contributed by atoms with van der Waals surface area (Å²) in [6, 6.07) is 1.54. The van der Waals surface area contributed by atoms with Gasteiger partial charge in [0.1, 0.15) is 54.4 Å². The maximum Gasteiger partial charge on any atom is 0.325 e. The lowest BCUT2D eigenvalue weighted by Crippen LogP contribution is -2.61. The van der Waals surface area contributed by atoms with Crippen molar-refractivity contribution >= 4 is 110 Å². The van der Waals surface area contributed by atoms with Gasteiger partial charge >= 0.3 is 12.0 Å². The minimum Gasteiger partial charge on any atom is -0.481 e. The number of carbonyl (C=O) groups is 11. The molecule has 11 amide bonds. The monoisotopic (exact) mass is 1190 g/mol. The van der Waals surface area contributed by atoms with E-state index in [1.807, 2.05) is 13.0 Å². The summed E-state index contributed by atoms with van der Waals surface area (Å²) in [5, 5.41) is 45.0. The molecule has 3 aliphatic rings. The van der Waals surface area contributed by atoms with E-state index in [1.165, 1.54) is 13.3 Å². The molecule has 448 valence electrons. The van der Waals surface area contributed by atoms with Gasteiger partial charge in [-0.2, -0.15) is 0 Å². The Morgan fingerprint density at radius 1 is 0.759 bits per heavy atom. The summed E-state index contributed by atoms with van der Waals surface area (Å²) in [7, 11) is 1.86. The Morgan fingerprint density at radius 3 is 2.02 bits per heavy atom. The van der Waals surface area contributed by atoms with Gasteiger partial charge in [-0.15, -0.1) is 0 Å². The van der Waals surface area contributed by atoms with Crippen molar-refractivity contribution in [3.63, 3.8) is 0 Å². The molecule has 1 aromatic heterocycles. The van der Waals surface area contributed by atoms with Gasteiger partial charge in [0.15, 0.2) is 5.96 Å². The third-order valence-electron chi connectivity index (χ3n) is 13.9. The van der Waals surface area contributed by atoms with Crippen LogP contribution in [-0.2, 0) is 60.8 Å². The summed E-state index contributed by atoms with van der Waals surface area (Å²) in [5.41, 5.74) is 13.3. The molecule has 0 aliphatic carbocycles. The van der Waals surface area contributed by atoms with Crippen molar-refractivity contribution in [3.05, 3.63) is 71.9 Å². The highest BCUT2D eigenvalue weighted by Crippen LogP contribution is 2.25. The van der Waals surface area contributed by atoms with Crippen molar-refractivity contribution < 1.29 is 57.8 Å². The van der Waals surface area contributed by atoms with Gasteiger partial charge in [-0.3, -0.25) is 58.3 Å². The molecule has 30 heteroatoms. The molecule has 28 nitrogen and oxygen atoms in total. The lowest BCUT2D eigenvalue weighted by Gasteiger charge is -2.29. The number of guanidine groups is 1. The summed E-state index contributed by atoms with van der Waals surface area (Å²) in [5.74, 6) is -10.4. The zero-order valence-corrected chi connectivity index (χ0v) is 47.5. The smallest absolute Gasteiger partial charge is 0.325 e. The number of amides is 11. The molecule has 0 saturated carbocycles. The van der Waals surface area contributed by atoms with Crippen molar-refractivity contribution in [3.8, 4) is 0 Å². The number of aliphatic carboxylic acids is 1. The number of carboxylic acid groups (broad SMARTS) is 1. The largest absolute Gasteiger partial charge is 0.481 e. The number of urea groups is 1. The first kappa shape index (κ1) is 63.8. The molecule has 1 unspecified atom stereocenters. The normalized spacial score (nSPS) is 24.7. The van der Waals surface area contributed by atoms with E-state index in [9.17, 15) is 57.8 Å². The van der Waals surface area contributed by atoms with E-state index in [-0.39, 0.29) is 69.1 Å². The molecule has 0 radical (unpaired) electrons. The van der Waals surface area contributed by atoms with E-state index in [0.29, 0.717) is 29.4 Å². The molecule has 3 aromatic rings. The number of H-pyrrole nitrogens is 1. The van der Waals surface area contributed by atoms with Gasteiger partial charge in [0.05, 0.1) is 12.9 Å². The number of nitrogens with one attached hydrogen (secondary N) is 12. The van der Waals surface area contributed by atoms with Crippen molar-refractivity contribution in [2.75, 3.05) is 24.6 Å². The molecule has 0 bridgehead atoms. The van der Waals surface area contributed by atoms with Crippen molar-refractivity contribution in [1.82, 2.24) is 63.1 Å². The number of aromatic nitrogens is 1. The Labute approximate surface area is 485 Å². The maximum atomic E-state index is 14.8. The fourth-order valence-corrected chi connectivity index (χ4v) is 11.7. The number of aromatic amines is 1. The number of rotatable bonds is 20. The lowest BCUT2D eigenvalue weighted by atomic mass is 10.0. The molecule has 2 fully saturated rings. The van der Waals surface area contributed by atoms with Gasteiger partial charge < -0.3 is 74.7 Å². The zero-order chi connectivity index (χ0) is 60.2. The zero-order valence-electron chi connectivity index (χ0n) is 45.8. The number of nitrogens with zero attached hydrogens (tertiary/aromatic N) is 2. The maximum absolute atomic E-state index is 14.8. The molecule has 83 heavy (non-hydrogen) atoms. The molecular formula is C53H72N16O12S2. The molecule has 2 aromatic carbocycles. The summed E-state index contributed by atoms with van der Waals surface area (Å²) in [6.45, 7) is 3.53. The third kappa shape index (κ3) is 18.8. The molecular weight excluding hydrogens is 1120 g/mol.